The molecule has 0 saturated heterocycles. The summed E-state index contributed by atoms with van der Waals surface area (Å²) in [6, 6.07) is 11.4. The second-order valence-electron chi connectivity index (χ2n) is 6.09. The molecule has 2 nitrogen and oxygen atoms in total. The van der Waals surface area contributed by atoms with Gasteiger partial charge in [-0.25, -0.2) is 4.39 Å². The number of halogens is 2. The topological polar surface area (TPSA) is 29.4 Å². The lowest BCUT2D eigenvalue weighted by Gasteiger charge is -2.15. The van der Waals surface area contributed by atoms with Crippen molar-refractivity contribution in [1.82, 2.24) is 0 Å². The quantitative estimate of drug-likeness (QED) is 0.799. The van der Waals surface area contributed by atoms with E-state index in [4.69, 9.17) is 11.6 Å². The molecule has 0 aliphatic carbocycles. The minimum Gasteiger partial charge on any atom is -0.297 e. The predicted molar refractivity (Wildman–Crippen MR) is 90.8 cm³/mol. The Morgan fingerprint density at radius 1 is 1.17 bits per heavy atom. The summed E-state index contributed by atoms with van der Waals surface area (Å²) < 4.78 is 14.3. The number of benzene rings is 2. The van der Waals surface area contributed by atoms with Crippen LogP contribution >= 0.6 is 11.6 Å². The van der Waals surface area contributed by atoms with Gasteiger partial charge in [0.2, 0.25) is 0 Å². The molecule has 0 bridgehead atoms. The molecule has 0 saturated carbocycles. The Bertz CT molecular complexity index is 798. The van der Waals surface area contributed by atoms with Crippen molar-refractivity contribution in [2.45, 2.75) is 26.3 Å². The minimum atomic E-state index is -0.476. The summed E-state index contributed by atoms with van der Waals surface area (Å²) in [7, 11) is 0. The van der Waals surface area contributed by atoms with Gasteiger partial charge in [0, 0.05) is 22.6 Å². The molecular weight excluding hydrogens is 313 g/mol. The Balaban J connectivity index is 2.27. The molecular formula is C19H17ClFNO. The van der Waals surface area contributed by atoms with E-state index in [1.165, 1.54) is 6.07 Å². The molecule has 118 valence electrons. The van der Waals surface area contributed by atoms with E-state index in [-0.39, 0.29) is 23.9 Å². The average molecular weight is 330 g/mol. The largest absolute Gasteiger partial charge is 0.297 e. The van der Waals surface area contributed by atoms with Crippen molar-refractivity contribution in [1.29, 1.82) is 0 Å². The van der Waals surface area contributed by atoms with Gasteiger partial charge in [-0.15, -0.1) is 0 Å². The molecule has 4 heteroatoms. The fourth-order valence-electron chi connectivity index (χ4n) is 2.88. The number of rotatable bonds is 2. The van der Waals surface area contributed by atoms with E-state index in [9.17, 15) is 9.18 Å². The summed E-state index contributed by atoms with van der Waals surface area (Å²) in [6.07, 6.45) is 0.288. The summed E-state index contributed by atoms with van der Waals surface area (Å²) in [6.45, 7) is 3.90. The van der Waals surface area contributed by atoms with Crippen LogP contribution in [0.3, 0.4) is 0 Å². The van der Waals surface area contributed by atoms with E-state index in [2.05, 4.69) is 4.99 Å². The van der Waals surface area contributed by atoms with Crippen molar-refractivity contribution in [3.63, 3.8) is 0 Å². The number of carbonyl (C=O) groups is 1. The highest BCUT2D eigenvalue weighted by atomic mass is 35.5. The molecule has 0 radical (unpaired) electrons. The molecule has 0 fully saturated rings. The van der Waals surface area contributed by atoms with Crippen molar-refractivity contribution in [3.05, 3.63) is 70.0 Å². The fraction of sp³-hybridized carbons (Fsp3) is 0.263. The molecule has 1 heterocycles. The Morgan fingerprint density at radius 2 is 1.91 bits per heavy atom. The van der Waals surface area contributed by atoms with Crippen LogP contribution in [0.5, 0.6) is 0 Å². The molecule has 0 aromatic heterocycles. The van der Waals surface area contributed by atoms with Crippen LogP contribution in [0.1, 0.15) is 30.5 Å². The van der Waals surface area contributed by atoms with Crippen LogP contribution in [0.25, 0.3) is 0 Å². The molecule has 0 unspecified atom stereocenters. The summed E-state index contributed by atoms with van der Waals surface area (Å²) in [5, 5.41) is 0.545. The lowest BCUT2D eigenvalue weighted by Crippen LogP contribution is -2.25. The number of hydrogen-bond acceptors (Lipinski definition) is 2. The normalized spacial score (nSPS) is 17.7. The number of fused-ring (bicyclic) bond motifs is 1. The Labute approximate surface area is 140 Å². The molecule has 23 heavy (non-hydrogen) atoms. The van der Waals surface area contributed by atoms with Crippen molar-refractivity contribution in [3.8, 4) is 0 Å². The van der Waals surface area contributed by atoms with E-state index in [1.807, 2.05) is 19.9 Å². The molecule has 3 rings (SSSR count). The standard InChI is InChI=1S/C19H17ClFNO/c1-11(2)18-17(23)9-12-7-8-13(20)10-15(12)19(22-18)14-5-3-4-6-16(14)21/h3-8,10-11,18H,9H2,1-2H3/t18-/m1/s1. The molecule has 2 aromatic rings. The summed E-state index contributed by atoms with van der Waals surface area (Å²) in [5.41, 5.74) is 2.48. The SMILES string of the molecule is CC(C)[C@H]1N=C(c2ccccc2F)c2cc(Cl)ccc2CC1=O. The highest BCUT2D eigenvalue weighted by Crippen LogP contribution is 2.27. The Kier molecular flexibility index (Phi) is 4.31. The van der Waals surface area contributed by atoms with Gasteiger partial charge in [0.15, 0.2) is 5.78 Å². The molecule has 1 aliphatic heterocycles. The second kappa shape index (κ2) is 6.25. The molecule has 1 aliphatic rings. The number of carbonyl (C=O) groups excluding carboxylic acids is 1. The highest BCUT2D eigenvalue weighted by molar-refractivity contribution is 6.31. The van der Waals surface area contributed by atoms with Gasteiger partial charge in [0.25, 0.3) is 0 Å². The highest BCUT2D eigenvalue weighted by Gasteiger charge is 2.29. The molecule has 0 amide bonds. The predicted octanol–water partition coefficient (Wildman–Crippen LogP) is 4.47. The van der Waals surface area contributed by atoms with Gasteiger partial charge in [0.05, 0.1) is 5.71 Å². The maximum Gasteiger partial charge on any atom is 0.161 e. The van der Waals surface area contributed by atoms with Crippen molar-refractivity contribution in [2.75, 3.05) is 0 Å². The smallest absolute Gasteiger partial charge is 0.161 e. The van der Waals surface area contributed by atoms with Crippen LogP contribution in [0.2, 0.25) is 5.02 Å². The maximum atomic E-state index is 14.3. The first-order chi connectivity index (χ1) is 11.0. The third-order valence-electron chi connectivity index (χ3n) is 4.05. The van der Waals surface area contributed by atoms with Gasteiger partial charge in [-0.2, -0.15) is 0 Å². The van der Waals surface area contributed by atoms with E-state index in [0.29, 0.717) is 16.3 Å². The number of hydrogen-bond donors (Lipinski definition) is 0. The van der Waals surface area contributed by atoms with Crippen LogP contribution in [-0.2, 0) is 11.2 Å². The van der Waals surface area contributed by atoms with Crippen LogP contribution in [0.15, 0.2) is 47.5 Å². The Hall–Kier alpha value is -2.00. The van der Waals surface area contributed by atoms with Gasteiger partial charge in [-0.05, 0) is 35.7 Å². The zero-order valence-corrected chi connectivity index (χ0v) is 13.8. The van der Waals surface area contributed by atoms with Gasteiger partial charge < -0.3 is 0 Å². The average Bonchev–Trinajstić information content (AvgIpc) is 2.64. The van der Waals surface area contributed by atoms with Gasteiger partial charge in [0.1, 0.15) is 11.9 Å². The maximum absolute atomic E-state index is 14.3. The van der Waals surface area contributed by atoms with Gasteiger partial charge >= 0.3 is 0 Å². The fourth-order valence-corrected chi connectivity index (χ4v) is 3.06. The summed E-state index contributed by atoms with van der Waals surface area (Å²) >= 11 is 6.12. The molecule has 0 spiro atoms. The minimum absolute atomic E-state index is 0.0501. The van der Waals surface area contributed by atoms with Crippen molar-refractivity contribution < 1.29 is 9.18 Å². The number of nitrogens with zero attached hydrogens (tertiary/aromatic N) is 1. The van der Waals surface area contributed by atoms with E-state index in [1.54, 1.807) is 30.3 Å². The first-order valence-electron chi connectivity index (χ1n) is 7.61. The molecule has 2 aromatic carbocycles. The van der Waals surface area contributed by atoms with Crippen LogP contribution < -0.4 is 0 Å². The van der Waals surface area contributed by atoms with Crippen LogP contribution in [-0.4, -0.2) is 17.5 Å². The summed E-state index contributed by atoms with van der Waals surface area (Å²) in [4.78, 5) is 17.2. The number of aliphatic imine (C=N–C) groups is 1. The third-order valence-corrected chi connectivity index (χ3v) is 4.29. The van der Waals surface area contributed by atoms with Crippen LogP contribution in [0.4, 0.5) is 4.39 Å². The Morgan fingerprint density at radius 3 is 2.61 bits per heavy atom. The lowest BCUT2D eigenvalue weighted by molar-refractivity contribution is -0.120. The zero-order chi connectivity index (χ0) is 16.6. The van der Waals surface area contributed by atoms with E-state index >= 15 is 0 Å². The molecule has 1 atom stereocenters. The second-order valence-corrected chi connectivity index (χ2v) is 6.53. The van der Waals surface area contributed by atoms with E-state index < -0.39 is 6.04 Å². The number of ketones is 1. The lowest BCUT2D eigenvalue weighted by atomic mass is 9.94. The van der Waals surface area contributed by atoms with Gasteiger partial charge in [-0.3, -0.25) is 9.79 Å². The van der Waals surface area contributed by atoms with Gasteiger partial charge in [-0.1, -0.05) is 43.6 Å². The first kappa shape index (κ1) is 15.9. The zero-order valence-electron chi connectivity index (χ0n) is 13.0. The summed E-state index contributed by atoms with van der Waals surface area (Å²) in [5.74, 6) is -0.252. The van der Waals surface area contributed by atoms with E-state index in [0.717, 1.165) is 11.1 Å². The molecule has 0 N–H and O–H groups in total. The van der Waals surface area contributed by atoms with Crippen molar-refractivity contribution in [2.24, 2.45) is 10.9 Å². The monoisotopic (exact) mass is 329 g/mol. The number of Topliss-reactive ketones (excluding diaryl/α,β-unsaturated/α-hetero) is 1. The van der Waals surface area contributed by atoms with Crippen molar-refractivity contribution >= 4 is 23.1 Å². The third kappa shape index (κ3) is 3.06. The van der Waals surface area contributed by atoms with Crippen LogP contribution in [0, 0.1) is 11.7 Å². The first-order valence-corrected chi connectivity index (χ1v) is 7.99.